The number of hydrogen-bond acceptors (Lipinski definition) is 4. The number of allylic oxidation sites excluding steroid dienone is 3. The molecule has 0 rings (SSSR count). The lowest BCUT2D eigenvalue weighted by Crippen LogP contribution is -2.45. The van der Waals surface area contributed by atoms with Crippen LogP contribution in [0.15, 0.2) is 24.3 Å². The molecule has 0 saturated heterocycles. The molecule has 0 heterocycles. The fourth-order valence-corrected chi connectivity index (χ4v) is 7.87. The van der Waals surface area contributed by atoms with E-state index in [0.29, 0.717) is 6.42 Å². The molecule has 0 aliphatic heterocycles. The van der Waals surface area contributed by atoms with Gasteiger partial charge in [-0.15, -0.1) is 0 Å². The molecular weight excluding hydrogens is 691 g/mol. The summed E-state index contributed by atoms with van der Waals surface area (Å²) in [5.41, 5.74) is 0. The van der Waals surface area contributed by atoms with Crippen molar-refractivity contribution in [2.75, 3.05) is 6.61 Å². The van der Waals surface area contributed by atoms with Crippen LogP contribution >= 0.6 is 0 Å². The minimum absolute atomic E-state index is 0.0101. The van der Waals surface area contributed by atoms with Crippen molar-refractivity contribution in [3.05, 3.63) is 24.3 Å². The summed E-state index contributed by atoms with van der Waals surface area (Å²) in [6, 6.07) is -0.746. The summed E-state index contributed by atoms with van der Waals surface area (Å²) >= 11 is 0. The Morgan fingerprint density at radius 1 is 0.446 bits per heavy atom. The van der Waals surface area contributed by atoms with Gasteiger partial charge in [0.2, 0.25) is 5.91 Å². The molecule has 3 unspecified atom stereocenters. The minimum Gasteiger partial charge on any atom is -0.394 e. The second-order valence-electron chi connectivity index (χ2n) is 17.4. The van der Waals surface area contributed by atoms with Crippen LogP contribution in [0.3, 0.4) is 0 Å². The van der Waals surface area contributed by atoms with Crippen molar-refractivity contribution < 1.29 is 20.1 Å². The first-order chi connectivity index (χ1) is 27.5. The highest BCUT2D eigenvalue weighted by Gasteiger charge is 2.20. The molecule has 1 amide bonds. The molecule has 5 heteroatoms. The van der Waals surface area contributed by atoms with E-state index in [9.17, 15) is 20.1 Å². The Hall–Kier alpha value is -1.17. The highest BCUT2D eigenvalue weighted by Crippen LogP contribution is 2.16. The standard InChI is InChI=1S/C51H99NO4/c1-3-5-7-9-11-13-15-17-19-21-23-24-25-27-29-31-33-35-37-39-41-43-45-50(55)49(47-53)52-51(56)46-48(54)44-42-40-38-36-34-32-30-28-26-22-20-18-16-14-12-10-8-6-4-2/h28,30,43,45,48-50,53-55H,3-27,29,31-42,44,46-47H2,1-2H3,(H,52,56)/b30-28-,45-43+. The molecule has 0 saturated carbocycles. The van der Waals surface area contributed by atoms with E-state index in [2.05, 4.69) is 31.3 Å². The van der Waals surface area contributed by atoms with Crippen molar-refractivity contribution in [3.8, 4) is 0 Å². The number of nitrogens with one attached hydrogen (secondary N) is 1. The first kappa shape index (κ1) is 54.8. The Morgan fingerprint density at radius 2 is 0.750 bits per heavy atom. The van der Waals surface area contributed by atoms with Crippen molar-refractivity contribution >= 4 is 5.91 Å². The van der Waals surface area contributed by atoms with Crippen molar-refractivity contribution in [3.63, 3.8) is 0 Å². The van der Waals surface area contributed by atoms with Gasteiger partial charge in [0.25, 0.3) is 0 Å². The van der Waals surface area contributed by atoms with Gasteiger partial charge >= 0.3 is 0 Å². The molecule has 0 bridgehead atoms. The average Bonchev–Trinajstić information content (AvgIpc) is 3.19. The molecule has 332 valence electrons. The number of aliphatic hydroxyl groups excluding tert-OH is 3. The molecule has 4 N–H and O–H groups in total. The van der Waals surface area contributed by atoms with E-state index in [1.54, 1.807) is 6.08 Å². The molecule has 0 aromatic heterocycles. The summed E-state index contributed by atoms with van der Waals surface area (Å²) < 4.78 is 0. The maximum Gasteiger partial charge on any atom is 0.222 e. The van der Waals surface area contributed by atoms with Gasteiger partial charge in [-0.2, -0.15) is 0 Å². The molecule has 0 spiro atoms. The smallest absolute Gasteiger partial charge is 0.222 e. The Kier molecular flexibility index (Phi) is 45.5. The van der Waals surface area contributed by atoms with Crippen LogP contribution in [0.1, 0.15) is 271 Å². The normalized spacial score (nSPS) is 13.6. The van der Waals surface area contributed by atoms with Gasteiger partial charge in [0, 0.05) is 0 Å². The predicted octanol–water partition coefficient (Wildman–Crippen LogP) is 14.9. The van der Waals surface area contributed by atoms with Crippen molar-refractivity contribution in [2.45, 2.75) is 289 Å². The lowest BCUT2D eigenvalue weighted by molar-refractivity contribution is -0.124. The van der Waals surface area contributed by atoms with Gasteiger partial charge in [0.15, 0.2) is 0 Å². The van der Waals surface area contributed by atoms with E-state index in [-0.39, 0.29) is 18.9 Å². The second kappa shape index (κ2) is 46.5. The van der Waals surface area contributed by atoms with Crippen LogP contribution in [0.2, 0.25) is 0 Å². The van der Waals surface area contributed by atoms with Crippen LogP contribution < -0.4 is 5.32 Å². The molecule has 0 aromatic rings. The number of hydrogen-bond donors (Lipinski definition) is 4. The summed E-state index contributed by atoms with van der Waals surface area (Å²) in [5.74, 6) is -0.317. The summed E-state index contributed by atoms with van der Waals surface area (Å²) in [4.78, 5) is 12.5. The summed E-state index contributed by atoms with van der Waals surface area (Å²) in [5, 5.41) is 33.4. The molecule has 0 radical (unpaired) electrons. The zero-order valence-electron chi connectivity index (χ0n) is 37.8. The third-order valence-corrected chi connectivity index (χ3v) is 11.7. The average molecular weight is 790 g/mol. The van der Waals surface area contributed by atoms with Gasteiger partial charge in [0.1, 0.15) is 0 Å². The molecular formula is C51H99NO4. The van der Waals surface area contributed by atoms with Crippen molar-refractivity contribution in [1.29, 1.82) is 0 Å². The van der Waals surface area contributed by atoms with Gasteiger partial charge < -0.3 is 20.6 Å². The van der Waals surface area contributed by atoms with Crippen molar-refractivity contribution in [2.24, 2.45) is 0 Å². The molecule has 0 aliphatic carbocycles. The summed E-state index contributed by atoms with van der Waals surface area (Å²) in [7, 11) is 0. The van der Waals surface area contributed by atoms with Crippen LogP contribution in [0.25, 0.3) is 0 Å². The van der Waals surface area contributed by atoms with E-state index in [4.69, 9.17) is 0 Å². The summed E-state index contributed by atoms with van der Waals surface area (Å²) in [6.45, 7) is 4.24. The maximum atomic E-state index is 12.5. The Balaban J connectivity index is 3.62. The SMILES string of the molecule is CCCCCCCCCCCC/C=C\CCCCCCCC(O)CC(=O)NC(CO)C(O)/C=C/CCCCCCCCCCCCCCCCCCCCCC. The Labute approximate surface area is 350 Å². The number of rotatable bonds is 46. The third kappa shape index (κ3) is 42.4. The molecule has 0 aliphatic rings. The fourth-order valence-electron chi connectivity index (χ4n) is 7.87. The van der Waals surface area contributed by atoms with Crippen LogP contribution in [-0.2, 0) is 4.79 Å². The monoisotopic (exact) mass is 790 g/mol. The largest absolute Gasteiger partial charge is 0.394 e. The quantitative estimate of drug-likeness (QED) is 0.0365. The van der Waals surface area contributed by atoms with Gasteiger partial charge in [-0.3, -0.25) is 4.79 Å². The molecule has 5 nitrogen and oxygen atoms in total. The first-order valence-electron chi connectivity index (χ1n) is 25.1. The number of unbranched alkanes of at least 4 members (excludes halogenated alkanes) is 35. The second-order valence-corrected chi connectivity index (χ2v) is 17.4. The zero-order valence-corrected chi connectivity index (χ0v) is 37.8. The fraction of sp³-hybridized carbons (Fsp3) is 0.902. The van der Waals surface area contributed by atoms with Crippen LogP contribution in [0.5, 0.6) is 0 Å². The molecule has 0 fully saturated rings. The number of aliphatic hydroxyl groups is 3. The van der Waals surface area contributed by atoms with E-state index in [1.807, 2.05) is 6.08 Å². The summed E-state index contributed by atoms with van der Waals surface area (Å²) in [6.07, 6.45) is 57.7. The van der Waals surface area contributed by atoms with E-state index in [0.717, 1.165) is 38.5 Å². The third-order valence-electron chi connectivity index (χ3n) is 11.7. The van der Waals surface area contributed by atoms with E-state index in [1.165, 1.54) is 205 Å². The highest BCUT2D eigenvalue weighted by atomic mass is 16.3. The zero-order chi connectivity index (χ0) is 40.8. The first-order valence-corrected chi connectivity index (χ1v) is 25.1. The number of carbonyl (C=O) groups is 1. The van der Waals surface area contributed by atoms with Crippen molar-refractivity contribution in [1.82, 2.24) is 5.32 Å². The lowest BCUT2D eigenvalue weighted by Gasteiger charge is -2.21. The molecule has 0 aromatic carbocycles. The van der Waals surface area contributed by atoms with E-state index < -0.39 is 18.2 Å². The number of carbonyl (C=O) groups excluding carboxylic acids is 1. The topological polar surface area (TPSA) is 89.8 Å². The number of amides is 1. The molecule has 3 atom stereocenters. The maximum absolute atomic E-state index is 12.5. The van der Waals surface area contributed by atoms with Crippen LogP contribution in [0.4, 0.5) is 0 Å². The molecule has 56 heavy (non-hydrogen) atoms. The Bertz CT molecular complexity index is 829. The van der Waals surface area contributed by atoms with Crippen LogP contribution in [0, 0.1) is 0 Å². The minimum atomic E-state index is -0.930. The predicted molar refractivity (Wildman–Crippen MR) is 245 cm³/mol. The van der Waals surface area contributed by atoms with E-state index >= 15 is 0 Å². The van der Waals surface area contributed by atoms with Gasteiger partial charge in [0.05, 0.1) is 31.3 Å². The van der Waals surface area contributed by atoms with Gasteiger partial charge in [-0.25, -0.2) is 0 Å². The van der Waals surface area contributed by atoms with Gasteiger partial charge in [-0.1, -0.05) is 244 Å². The highest BCUT2D eigenvalue weighted by molar-refractivity contribution is 5.76. The van der Waals surface area contributed by atoms with Gasteiger partial charge in [-0.05, 0) is 44.9 Å². The van der Waals surface area contributed by atoms with Crippen LogP contribution in [-0.4, -0.2) is 46.1 Å². The Morgan fingerprint density at radius 3 is 1.09 bits per heavy atom. The lowest BCUT2D eigenvalue weighted by atomic mass is 10.0.